The van der Waals surface area contributed by atoms with Crippen molar-refractivity contribution in [2.75, 3.05) is 26.9 Å². The molecule has 0 amide bonds. The molecule has 0 aromatic heterocycles. The minimum absolute atomic E-state index is 0.303. The number of aliphatic carboxylic acids is 2. The molecular weight excluding hydrogens is 370 g/mol. The van der Waals surface area contributed by atoms with Crippen LogP contribution in [0.15, 0.2) is 24.3 Å². The Morgan fingerprint density at radius 1 is 1.11 bits per heavy atom. The predicted molar refractivity (Wildman–Crippen MR) is 103 cm³/mol. The SMILES string of the molecule is COCCc1ccc(OCC(O)CNC(C)C)cc1.O=C(O)CC(O)C(=O)O. The summed E-state index contributed by atoms with van der Waals surface area (Å²) in [4.78, 5) is 19.4. The van der Waals surface area contributed by atoms with Crippen LogP contribution in [0.1, 0.15) is 25.8 Å². The van der Waals surface area contributed by atoms with E-state index in [-0.39, 0.29) is 0 Å². The Labute approximate surface area is 164 Å². The van der Waals surface area contributed by atoms with Gasteiger partial charge in [0.25, 0.3) is 0 Å². The van der Waals surface area contributed by atoms with Gasteiger partial charge in [0.1, 0.15) is 18.5 Å². The van der Waals surface area contributed by atoms with Crippen LogP contribution < -0.4 is 10.1 Å². The van der Waals surface area contributed by atoms with Gasteiger partial charge in [-0.3, -0.25) is 4.79 Å². The van der Waals surface area contributed by atoms with Crippen LogP contribution in [-0.2, 0) is 20.7 Å². The maximum absolute atomic E-state index is 9.73. The first-order valence-electron chi connectivity index (χ1n) is 8.90. The van der Waals surface area contributed by atoms with Crippen molar-refractivity contribution >= 4 is 11.9 Å². The quantitative estimate of drug-likeness (QED) is 0.338. The number of carboxylic acids is 2. The summed E-state index contributed by atoms with van der Waals surface area (Å²) < 4.78 is 10.6. The molecule has 9 heteroatoms. The zero-order valence-electron chi connectivity index (χ0n) is 16.5. The highest BCUT2D eigenvalue weighted by Crippen LogP contribution is 2.12. The Morgan fingerprint density at radius 3 is 2.14 bits per heavy atom. The van der Waals surface area contributed by atoms with Gasteiger partial charge in [0.15, 0.2) is 6.10 Å². The van der Waals surface area contributed by atoms with Crippen molar-refractivity contribution in [3.8, 4) is 5.75 Å². The van der Waals surface area contributed by atoms with Gasteiger partial charge < -0.3 is 35.2 Å². The summed E-state index contributed by atoms with van der Waals surface area (Å²) in [6, 6.07) is 8.26. The molecule has 9 nitrogen and oxygen atoms in total. The second-order valence-corrected chi connectivity index (χ2v) is 6.37. The number of aliphatic hydroxyl groups is 2. The summed E-state index contributed by atoms with van der Waals surface area (Å²) in [5, 5.41) is 37.0. The molecule has 0 fully saturated rings. The minimum atomic E-state index is -1.79. The lowest BCUT2D eigenvalue weighted by Crippen LogP contribution is -2.35. The van der Waals surface area contributed by atoms with Gasteiger partial charge in [-0.1, -0.05) is 26.0 Å². The number of carbonyl (C=O) groups is 2. The van der Waals surface area contributed by atoms with E-state index in [1.165, 1.54) is 5.56 Å². The summed E-state index contributed by atoms with van der Waals surface area (Å²) in [5.41, 5.74) is 1.22. The molecule has 28 heavy (non-hydrogen) atoms. The molecular formula is C19H31NO8. The van der Waals surface area contributed by atoms with E-state index in [0.29, 0.717) is 19.2 Å². The van der Waals surface area contributed by atoms with Gasteiger partial charge in [0.2, 0.25) is 0 Å². The third kappa shape index (κ3) is 13.9. The third-order valence-corrected chi connectivity index (χ3v) is 3.38. The molecule has 0 spiro atoms. The number of rotatable bonds is 12. The van der Waals surface area contributed by atoms with Crippen molar-refractivity contribution in [2.45, 2.75) is 44.9 Å². The topological polar surface area (TPSA) is 146 Å². The number of hydrogen-bond acceptors (Lipinski definition) is 7. The number of ether oxygens (including phenoxy) is 2. The average Bonchev–Trinajstić information content (AvgIpc) is 2.63. The molecule has 2 atom stereocenters. The second kappa shape index (κ2) is 14.8. The molecule has 0 saturated carbocycles. The van der Waals surface area contributed by atoms with Crippen LogP contribution in [0.2, 0.25) is 0 Å². The first kappa shape index (κ1) is 25.8. The van der Waals surface area contributed by atoms with E-state index in [1.807, 2.05) is 38.1 Å². The van der Waals surface area contributed by atoms with Gasteiger partial charge in [-0.05, 0) is 24.1 Å². The number of aliphatic hydroxyl groups excluding tert-OH is 2. The zero-order chi connectivity index (χ0) is 21.5. The van der Waals surface area contributed by atoms with E-state index < -0.39 is 30.6 Å². The molecule has 0 aliphatic carbocycles. The molecule has 0 saturated heterocycles. The van der Waals surface area contributed by atoms with Crippen molar-refractivity contribution < 1.29 is 39.5 Å². The lowest BCUT2D eigenvalue weighted by Gasteiger charge is -2.15. The van der Waals surface area contributed by atoms with E-state index >= 15 is 0 Å². The Hall–Kier alpha value is -2.20. The van der Waals surface area contributed by atoms with Crippen molar-refractivity contribution in [2.24, 2.45) is 0 Å². The molecule has 0 bridgehead atoms. The normalized spacial score (nSPS) is 12.6. The number of benzene rings is 1. The summed E-state index contributed by atoms with van der Waals surface area (Å²) in [7, 11) is 1.70. The van der Waals surface area contributed by atoms with Crippen molar-refractivity contribution in [1.82, 2.24) is 5.32 Å². The summed E-state index contributed by atoms with van der Waals surface area (Å²) in [6.07, 6.45) is -2.13. The molecule has 160 valence electrons. The molecule has 0 heterocycles. The van der Waals surface area contributed by atoms with Gasteiger partial charge in [0, 0.05) is 19.7 Å². The van der Waals surface area contributed by atoms with E-state index in [9.17, 15) is 14.7 Å². The van der Waals surface area contributed by atoms with Crippen molar-refractivity contribution in [3.05, 3.63) is 29.8 Å². The van der Waals surface area contributed by atoms with E-state index in [1.54, 1.807) is 7.11 Å². The molecule has 0 aliphatic rings. The molecule has 0 aliphatic heterocycles. The Balaban J connectivity index is 0.000000684. The van der Waals surface area contributed by atoms with Crippen LogP contribution in [0, 0.1) is 0 Å². The van der Waals surface area contributed by atoms with E-state index in [2.05, 4.69) is 5.32 Å². The van der Waals surface area contributed by atoms with E-state index in [0.717, 1.165) is 18.8 Å². The van der Waals surface area contributed by atoms with Crippen LogP contribution >= 0.6 is 0 Å². The highest BCUT2D eigenvalue weighted by molar-refractivity contribution is 5.79. The summed E-state index contributed by atoms with van der Waals surface area (Å²) >= 11 is 0. The fraction of sp³-hybridized carbons (Fsp3) is 0.579. The van der Waals surface area contributed by atoms with Gasteiger partial charge in [-0.15, -0.1) is 0 Å². The molecule has 1 aromatic rings. The molecule has 2 unspecified atom stereocenters. The van der Waals surface area contributed by atoms with Gasteiger partial charge in [-0.2, -0.15) is 0 Å². The standard InChI is InChI=1S/C15H25NO3.C4H6O5/c1-12(2)16-10-14(17)11-19-15-6-4-13(5-7-15)8-9-18-3;5-2(4(8)9)1-3(6)7/h4-7,12,14,16-17H,8-11H2,1-3H3;2,5H,1H2,(H,6,7)(H,8,9). The van der Waals surface area contributed by atoms with Gasteiger partial charge in [-0.25, -0.2) is 4.79 Å². The number of nitrogens with one attached hydrogen (secondary N) is 1. The van der Waals surface area contributed by atoms with Crippen molar-refractivity contribution in [3.63, 3.8) is 0 Å². The Morgan fingerprint density at radius 2 is 1.71 bits per heavy atom. The van der Waals surface area contributed by atoms with Crippen LogP contribution in [-0.4, -0.2) is 77.5 Å². The minimum Gasteiger partial charge on any atom is -0.491 e. The van der Waals surface area contributed by atoms with Crippen LogP contribution in [0.3, 0.4) is 0 Å². The van der Waals surface area contributed by atoms with Crippen LogP contribution in [0.5, 0.6) is 5.75 Å². The Bertz CT molecular complexity index is 562. The maximum Gasteiger partial charge on any atom is 0.333 e. The largest absolute Gasteiger partial charge is 0.491 e. The lowest BCUT2D eigenvalue weighted by atomic mass is 10.1. The maximum atomic E-state index is 9.73. The summed E-state index contributed by atoms with van der Waals surface area (Å²) in [5.74, 6) is -2.06. The van der Waals surface area contributed by atoms with Gasteiger partial charge in [0.05, 0.1) is 13.0 Å². The van der Waals surface area contributed by atoms with Crippen molar-refractivity contribution in [1.29, 1.82) is 0 Å². The van der Waals surface area contributed by atoms with Crippen LogP contribution in [0.25, 0.3) is 0 Å². The number of hydrogen-bond donors (Lipinski definition) is 5. The monoisotopic (exact) mass is 401 g/mol. The Kier molecular flexibility index (Phi) is 13.6. The van der Waals surface area contributed by atoms with Gasteiger partial charge >= 0.3 is 11.9 Å². The zero-order valence-corrected chi connectivity index (χ0v) is 16.5. The lowest BCUT2D eigenvalue weighted by molar-refractivity contribution is -0.152. The second-order valence-electron chi connectivity index (χ2n) is 6.37. The average molecular weight is 401 g/mol. The fourth-order valence-corrected chi connectivity index (χ4v) is 1.85. The fourth-order valence-electron chi connectivity index (χ4n) is 1.85. The third-order valence-electron chi connectivity index (χ3n) is 3.38. The highest BCUT2D eigenvalue weighted by Gasteiger charge is 2.16. The number of methoxy groups -OCH3 is 1. The summed E-state index contributed by atoms with van der Waals surface area (Å²) in [6.45, 7) is 5.67. The van der Waals surface area contributed by atoms with Crippen LogP contribution in [0.4, 0.5) is 0 Å². The molecule has 5 N–H and O–H groups in total. The molecule has 1 rings (SSSR count). The first-order valence-corrected chi connectivity index (χ1v) is 8.90. The molecule has 1 aromatic carbocycles. The highest BCUT2D eigenvalue weighted by atomic mass is 16.5. The number of carboxylic acid groups (broad SMARTS) is 2. The van der Waals surface area contributed by atoms with E-state index in [4.69, 9.17) is 24.8 Å². The first-order chi connectivity index (χ1) is 13.1. The molecule has 0 radical (unpaired) electrons. The smallest absolute Gasteiger partial charge is 0.333 e. The predicted octanol–water partition coefficient (Wildman–Crippen LogP) is 0.520.